The molecule has 3 rings (SSSR count). The number of amides is 1. The van der Waals surface area contributed by atoms with Crippen molar-refractivity contribution < 1.29 is 27.9 Å². The zero-order chi connectivity index (χ0) is 19.6. The first-order chi connectivity index (χ1) is 12.8. The molecule has 1 saturated heterocycles. The van der Waals surface area contributed by atoms with Crippen LogP contribution in [-0.2, 0) is 12.6 Å². The molecule has 144 valence electrons. The fourth-order valence-electron chi connectivity index (χ4n) is 3.31. The molecule has 1 aromatic carbocycles. The van der Waals surface area contributed by atoms with E-state index in [0.717, 1.165) is 11.1 Å². The van der Waals surface area contributed by atoms with Gasteiger partial charge in [-0.15, -0.1) is 11.3 Å². The molecular weight excluding hydrogens is 381 g/mol. The van der Waals surface area contributed by atoms with Crippen molar-refractivity contribution in [2.75, 3.05) is 13.1 Å². The van der Waals surface area contributed by atoms with Crippen LogP contribution in [0.3, 0.4) is 0 Å². The van der Waals surface area contributed by atoms with E-state index >= 15 is 0 Å². The van der Waals surface area contributed by atoms with Gasteiger partial charge in [-0.05, 0) is 36.8 Å². The molecule has 5 nitrogen and oxygen atoms in total. The lowest BCUT2D eigenvalue weighted by Crippen LogP contribution is -2.39. The van der Waals surface area contributed by atoms with E-state index in [0.29, 0.717) is 43.7 Å². The maximum absolute atomic E-state index is 13.0. The minimum Gasteiger partial charge on any atom is -0.478 e. The number of carboxylic acids is 1. The first kappa shape index (κ1) is 19.3. The lowest BCUT2D eigenvalue weighted by atomic mass is 9.88. The molecule has 0 unspecified atom stereocenters. The van der Waals surface area contributed by atoms with Gasteiger partial charge in [0.2, 0.25) is 0 Å². The highest BCUT2D eigenvalue weighted by Gasteiger charge is 2.39. The highest BCUT2D eigenvalue weighted by Crippen LogP contribution is 2.35. The molecule has 1 fully saturated rings. The number of thiazole rings is 1. The van der Waals surface area contributed by atoms with Crippen LogP contribution in [0.5, 0.6) is 0 Å². The molecular formula is C18H17F3N2O3S. The normalized spacial score (nSPS) is 15.7. The quantitative estimate of drug-likeness (QED) is 0.847. The molecule has 0 bridgehead atoms. The molecule has 1 N–H and O–H groups in total. The molecule has 0 saturated carbocycles. The molecule has 1 amide bonds. The van der Waals surface area contributed by atoms with Crippen LogP contribution >= 0.6 is 11.3 Å². The number of likely N-dealkylation sites (tertiary alicyclic amines) is 1. The van der Waals surface area contributed by atoms with Crippen molar-refractivity contribution in [3.63, 3.8) is 0 Å². The summed E-state index contributed by atoms with van der Waals surface area (Å²) in [4.78, 5) is 27.8. The Balaban J connectivity index is 1.64. The number of rotatable bonds is 4. The summed E-state index contributed by atoms with van der Waals surface area (Å²) >= 11 is 0.416. The minimum atomic E-state index is -4.59. The minimum absolute atomic E-state index is 0.173. The van der Waals surface area contributed by atoms with Crippen LogP contribution < -0.4 is 0 Å². The largest absolute Gasteiger partial charge is 0.478 e. The fourth-order valence-corrected chi connectivity index (χ4v) is 3.96. The van der Waals surface area contributed by atoms with Crippen molar-refractivity contribution >= 4 is 23.2 Å². The van der Waals surface area contributed by atoms with Gasteiger partial charge in [0.1, 0.15) is 4.88 Å². The smallest absolute Gasteiger partial charge is 0.427 e. The van der Waals surface area contributed by atoms with Gasteiger partial charge in [0.25, 0.3) is 5.91 Å². The van der Waals surface area contributed by atoms with Crippen LogP contribution in [0.2, 0.25) is 0 Å². The number of hydrogen-bond donors (Lipinski definition) is 1. The van der Waals surface area contributed by atoms with E-state index < -0.39 is 28.6 Å². The summed E-state index contributed by atoms with van der Waals surface area (Å²) in [5, 5.41) is 9.26. The number of benzene rings is 1. The molecule has 0 atom stereocenters. The number of carboxylic acid groups (broad SMARTS) is 1. The number of alkyl halides is 3. The predicted molar refractivity (Wildman–Crippen MR) is 92.8 cm³/mol. The average Bonchev–Trinajstić information content (AvgIpc) is 3.12. The first-order valence-corrected chi connectivity index (χ1v) is 9.26. The SMILES string of the molecule is O=C(O)c1ccccc1CC1CCN(C(=O)c2ncsc2C(F)(F)F)CC1. The Labute approximate surface area is 157 Å². The van der Waals surface area contributed by atoms with Crippen molar-refractivity contribution in [1.82, 2.24) is 9.88 Å². The average molecular weight is 398 g/mol. The molecule has 0 aliphatic carbocycles. The lowest BCUT2D eigenvalue weighted by molar-refractivity contribution is -0.134. The van der Waals surface area contributed by atoms with Gasteiger partial charge in [0, 0.05) is 13.1 Å². The second-order valence-electron chi connectivity index (χ2n) is 6.43. The predicted octanol–water partition coefficient (Wildman–Crippen LogP) is 3.96. The summed E-state index contributed by atoms with van der Waals surface area (Å²) in [5.74, 6) is -1.51. The van der Waals surface area contributed by atoms with Crippen molar-refractivity contribution in [3.8, 4) is 0 Å². The Kier molecular flexibility index (Phi) is 5.50. The van der Waals surface area contributed by atoms with Gasteiger partial charge in [-0.1, -0.05) is 18.2 Å². The van der Waals surface area contributed by atoms with Crippen molar-refractivity contribution in [2.24, 2.45) is 5.92 Å². The van der Waals surface area contributed by atoms with Crippen molar-refractivity contribution in [3.05, 3.63) is 51.5 Å². The molecule has 27 heavy (non-hydrogen) atoms. The van der Waals surface area contributed by atoms with Gasteiger partial charge < -0.3 is 10.0 Å². The number of hydrogen-bond acceptors (Lipinski definition) is 4. The Bertz CT molecular complexity index is 842. The van der Waals surface area contributed by atoms with Crippen molar-refractivity contribution in [2.45, 2.75) is 25.4 Å². The van der Waals surface area contributed by atoms with Gasteiger partial charge in [0.05, 0.1) is 11.1 Å². The van der Waals surface area contributed by atoms with Crippen LogP contribution in [0.25, 0.3) is 0 Å². The third-order valence-corrected chi connectivity index (χ3v) is 5.56. The van der Waals surface area contributed by atoms with Crippen LogP contribution in [0.4, 0.5) is 13.2 Å². The highest BCUT2D eigenvalue weighted by molar-refractivity contribution is 7.10. The van der Waals surface area contributed by atoms with E-state index in [9.17, 15) is 27.9 Å². The van der Waals surface area contributed by atoms with E-state index in [1.165, 1.54) is 4.90 Å². The summed E-state index contributed by atoms with van der Waals surface area (Å²) in [6, 6.07) is 6.77. The van der Waals surface area contributed by atoms with Gasteiger partial charge in [-0.25, -0.2) is 9.78 Å². The fraction of sp³-hybridized carbons (Fsp3) is 0.389. The standard InChI is InChI=1S/C18H17F3N2O3S/c19-18(20,21)15-14(22-10-27-15)16(24)23-7-5-11(6-8-23)9-12-3-1-2-4-13(12)17(25)26/h1-4,10-11H,5-9H2,(H,25,26). The zero-order valence-corrected chi connectivity index (χ0v) is 15.0. The molecule has 2 heterocycles. The number of aromatic nitrogens is 1. The number of carbonyl (C=O) groups excluding carboxylic acids is 1. The van der Waals surface area contributed by atoms with Gasteiger partial charge >= 0.3 is 12.1 Å². The molecule has 1 aliphatic heterocycles. The Morgan fingerprint density at radius 1 is 1.22 bits per heavy atom. The molecule has 9 heteroatoms. The summed E-state index contributed by atoms with van der Waals surface area (Å²) < 4.78 is 38.9. The molecule has 0 radical (unpaired) electrons. The lowest BCUT2D eigenvalue weighted by Gasteiger charge is -2.32. The summed E-state index contributed by atoms with van der Waals surface area (Å²) in [7, 11) is 0. The maximum atomic E-state index is 13.0. The van der Waals surface area contributed by atoms with E-state index in [4.69, 9.17) is 0 Å². The summed E-state index contributed by atoms with van der Waals surface area (Å²) in [6.45, 7) is 0.654. The number of aromatic carboxylic acids is 1. The Hall–Kier alpha value is -2.42. The van der Waals surface area contributed by atoms with Crippen molar-refractivity contribution in [1.29, 1.82) is 0 Å². The number of halogens is 3. The zero-order valence-electron chi connectivity index (χ0n) is 14.2. The van der Waals surface area contributed by atoms with Crippen LogP contribution in [0, 0.1) is 5.92 Å². The van der Waals surface area contributed by atoms with E-state index in [2.05, 4.69) is 4.98 Å². The van der Waals surface area contributed by atoms with E-state index in [1.807, 2.05) is 0 Å². The second-order valence-corrected chi connectivity index (χ2v) is 7.28. The van der Waals surface area contributed by atoms with Gasteiger partial charge in [-0.2, -0.15) is 13.2 Å². The first-order valence-electron chi connectivity index (χ1n) is 8.38. The molecule has 2 aromatic rings. The van der Waals surface area contributed by atoms with Gasteiger partial charge in [-0.3, -0.25) is 4.79 Å². The summed E-state index contributed by atoms with van der Waals surface area (Å²) in [5.41, 5.74) is 1.48. The monoisotopic (exact) mass is 398 g/mol. The topological polar surface area (TPSA) is 70.5 Å². The van der Waals surface area contributed by atoms with Crippen LogP contribution in [0.15, 0.2) is 29.8 Å². The third kappa shape index (κ3) is 4.29. The molecule has 1 aromatic heterocycles. The van der Waals surface area contributed by atoms with Crippen LogP contribution in [0.1, 0.15) is 44.1 Å². The second kappa shape index (κ2) is 7.67. The highest BCUT2D eigenvalue weighted by atomic mass is 32.1. The summed E-state index contributed by atoms with van der Waals surface area (Å²) in [6.07, 6.45) is -2.82. The molecule has 1 aliphatic rings. The Morgan fingerprint density at radius 3 is 2.52 bits per heavy atom. The van der Waals surface area contributed by atoms with Gasteiger partial charge in [0.15, 0.2) is 5.69 Å². The van der Waals surface area contributed by atoms with Crippen LogP contribution in [-0.4, -0.2) is 40.0 Å². The van der Waals surface area contributed by atoms with E-state index in [-0.39, 0.29) is 11.5 Å². The Morgan fingerprint density at radius 2 is 1.89 bits per heavy atom. The molecule has 0 spiro atoms. The number of piperidine rings is 1. The third-order valence-electron chi connectivity index (χ3n) is 4.69. The number of carbonyl (C=O) groups is 2. The maximum Gasteiger partial charge on any atom is 0.427 e. The number of nitrogens with zero attached hydrogens (tertiary/aromatic N) is 2. The van der Waals surface area contributed by atoms with E-state index in [1.54, 1.807) is 24.3 Å².